The van der Waals surface area contributed by atoms with Crippen molar-refractivity contribution in [2.24, 2.45) is 0 Å². The molecule has 122 valence electrons. The molecule has 23 heavy (non-hydrogen) atoms. The molecule has 2 aromatic carbocycles. The zero-order valence-corrected chi connectivity index (χ0v) is 12.9. The molecule has 0 aliphatic rings. The lowest BCUT2D eigenvalue weighted by atomic mass is 10.1. The molecule has 3 rings (SSSR count). The summed E-state index contributed by atoms with van der Waals surface area (Å²) in [6, 6.07) is 14.3. The van der Waals surface area contributed by atoms with E-state index >= 15 is 0 Å². The first kappa shape index (κ1) is 15.8. The topological polar surface area (TPSA) is 43.5 Å². The van der Waals surface area contributed by atoms with Crippen LogP contribution in [0.15, 0.2) is 42.5 Å². The Morgan fingerprint density at radius 1 is 0.783 bits per heavy atom. The SMILES string of the molecule is [18F]CCOCCOCCOc1ccc2c(c1)[nH]c1ccccc12. The van der Waals surface area contributed by atoms with Crippen molar-refractivity contribution in [2.45, 2.75) is 0 Å². The molecule has 0 amide bonds. The second-order valence-electron chi connectivity index (χ2n) is 5.14. The highest BCUT2D eigenvalue weighted by Crippen LogP contribution is 2.28. The number of rotatable bonds is 9. The van der Waals surface area contributed by atoms with Crippen molar-refractivity contribution in [2.75, 3.05) is 39.7 Å². The van der Waals surface area contributed by atoms with E-state index in [-0.39, 0.29) is 6.61 Å². The fraction of sp³-hybridized carbons (Fsp3) is 0.333. The van der Waals surface area contributed by atoms with Gasteiger partial charge in [0.15, 0.2) is 0 Å². The molecule has 0 saturated carbocycles. The molecular formula is C18H20FNO3. The van der Waals surface area contributed by atoms with E-state index in [1.807, 2.05) is 24.3 Å². The van der Waals surface area contributed by atoms with Crippen LogP contribution in [0.4, 0.5) is 4.39 Å². The van der Waals surface area contributed by atoms with E-state index in [4.69, 9.17) is 14.2 Å². The highest BCUT2D eigenvalue weighted by atomic mass is 18.2. The van der Waals surface area contributed by atoms with E-state index < -0.39 is 6.67 Å². The fourth-order valence-electron chi connectivity index (χ4n) is 2.52. The second-order valence-corrected chi connectivity index (χ2v) is 5.14. The first-order chi connectivity index (χ1) is 11.4. The van der Waals surface area contributed by atoms with Gasteiger partial charge in [0, 0.05) is 22.4 Å². The summed E-state index contributed by atoms with van der Waals surface area (Å²) in [5.41, 5.74) is 2.18. The third-order valence-corrected chi connectivity index (χ3v) is 3.57. The molecule has 0 atom stereocenters. The number of alkyl halides is 1. The summed E-state index contributed by atoms with van der Waals surface area (Å²) in [5.74, 6) is 0.807. The molecule has 3 aromatic rings. The van der Waals surface area contributed by atoms with Gasteiger partial charge in [-0.15, -0.1) is 0 Å². The van der Waals surface area contributed by atoms with Gasteiger partial charge >= 0.3 is 0 Å². The van der Waals surface area contributed by atoms with Gasteiger partial charge in [0.1, 0.15) is 19.0 Å². The molecule has 0 aliphatic heterocycles. The maximum atomic E-state index is 11.8. The summed E-state index contributed by atoms with van der Waals surface area (Å²) in [5, 5.41) is 2.40. The van der Waals surface area contributed by atoms with Crippen molar-refractivity contribution in [3.63, 3.8) is 0 Å². The number of hydrogen-bond acceptors (Lipinski definition) is 3. The molecule has 0 aliphatic carbocycles. The zero-order chi connectivity index (χ0) is 15.9. The molecule has 1 heterocycles. The van der Waals surface area contributed by atoms with E-state index in [1.165, 1.54) is 10.8 Å². The quantitative estimate of drug-likeness (QED) is 0.612. The molecule has 0 bridgehead atoms. The van der Waals surface area contributed by atoms with Crippen molar-refractivity contribution in [3.05, 3.63) is 42.5 Å². The number of nitrogens with one attached hydrogen (secondary N) is 1. The smallest absolute Gasteiger partial charge is 0.121 e. The predicted molar refractivity (Wildman–Crippen MR) is 88.9 cm³/mol. The largest absolute Gasteiger partial charge is 0.491 e. The lowest BCUT2D eigenvalue weighted by Crippen LogP contribution is -2.11. The Hall–Kier alpha value is -2.11. The number of H-pyrrole nitrogens is 1. The van der Waals surface area contributed by atoms with Crippen LogP contribution >= 0.6 is 0 Å². The van der Waals surface area contributed by atoms with Crippen LogP contribution in [0.25, 0.3) is 21.8 Å². The van der Waals surface area contributed by atoms with Crippen LogP contribution in [0, 0.1) is 0 Å². The standard InChI is InChI=1S/C18H20FNO3/c19-7-8-21-9-10-22-11-12-23-14-5-6-16-15-3-1-2-4-17(15)20-18(16)13-14/h1-6,13,20H,7-12H2/i19-1. The lowest BCUT2D eigenvalue weighted by Gasteiger charge is -2.07. The Kier molecular flexibility index (Phi) is 5.45. The van der Waals surface area contributed by atoms with Gasteiger partial charge in [0.05, 0.1) is 31.9 Å². The number of aromatic nitrogens is 1. The van der Waals surface area contributed by atoms with Crippen LogP contribution in [0.5, 0.6) is 5.75 Å². The average Bonchev–Trinajstić information content (AvgIpc) is 2.95. The molecule has 5 heteroatoms. The van der Waals surface area contributed by atoms with Gasteiger partial charge < -0.3 is 19.2 Å². The summed E-state index contributed by atoms with van der Waals surface area (Å²) in [6.45, 7) is 1.47. The summed E-state index contributed by atoms with van der Waals surface area (Å²) >= 11 is 0. The fourth-order valence-corrected chi connectivity index (χ4v) is 2.52. The van der Waals surface area contributed by atoms with Crippen LogP contribution in [0.3, 0.4) is 0 Å². The number of aromatic amines is 1. The number of fused-ring (bicyclic) bond motifs is 3. The van der Waals surface area contributed by atoms with Gasteiger partial charge in [-0.2, -0.15) is 0 Å². The van der Waals surface area contributed by atoms with Crippen LogP contribution in [-0.2, 0) is 9.47 Å². The van der Waals surface area contributed by atoms with E-state index in [0.717, 1.165) is 16.8 Å². The molecule has 0 unspecified atom stereocenters. The Balaban J connectivity index is 1.50. The van der Waals surface area contributed by atoms with Gasteiger partial charge in [-0.1, -0.05) is 18.2 Å². The van der Waals surface area contributed by atoms with Crippen LogP contribution in [0.2, 0.25) is 0 Å². The van der Waals surface area contributed by atoms with Crippen molar-refractivity contribution < 1.29 is 18.6 Å². The Labute approximate surface area is 134 Å². The van der Waals surface area contributed by atoms with Gasteiger partial charge in [-0.05, 0) is 18.2 Å². The van der Waals surface area contributed by atoms with Crippen molar-refractivity contribution >= 4 is 21.8 Å². The summed E-state index contributed by atoms with van der Waals surface area (Å²) in [7, 11) is 0. The normalized spacial score (nSPS) is 11.3. The van der Waals surface area contributed by atoms with E-state index in [9.17, 15) is 4.39 Å². The highest BCUT2D eigenvalue weighted by Gasteiger charge is 2.04. The number of para-hydroxylation sites is 1. The highest BCUT2D eigenvalue weighted by molar-refractivity contribution is 6.07. The van der Waals surface area contributed by atoms with Crippen molar-refractivity contribution in [3.8, 4) is 5.75 Å². The van der Waals surface area contributed by atoms with E-state index in [0.29, 0.717) is 26.4 Å². The monoisotopic (exact) mass is 316 g/mol. The minimum absolute atomic E-state index is 0.129. The Morgan fingerprint density at radius 3 is 2.39 bits per heavy atom. The Bertz CT molecular complexity index is 756. The number of benzene rings is 2. The summed E-state index contributed by atoms with van der Waals surface area (Å²) < 4.78 is 27.8. The van der Waals surface area contributed by atoms with Crippen molar-refractivity contribution in [1.29, 1.82) is 0 Å². The van der Waals surface area contributed by atoms with E-state index in [2.05, 4.69) is 23.2 Å². The molecule has 1 N–H and O–H groups in total. The molecule has 0 saturated heterocycles. The third kappa shape index (κ3) is 4.00. The molecule has 4 nitrogen and oxygen atoms in total. The van der Waals surface area contributed by atoms with Gasteiger partial charge in [0.25, 0.3) is 0 Å². The minimum atomic E-state index is -0.459. The third-order valence-electron chi connectivity index (χ3n) is 3.57. The summed E-state index contributed by atoms with van der Waals surface area (Å²) in [4.78, 5) is 3.39. The molecule has 0 spiro atoms. The maximum Gasteiger partial charge on any atom is 0.121 e. The summed E-state index contributed by atoms with van der Waals surface area (Å²) in [6.07, 6.45) is 0. The van der Waals surface area contributed by atoms with Gasteiger partial charge in [-0.25, -0.2) is 4.39 Å². The second kappa shape index (κ2) is 7.94. The van der Waals surface area contributed by atoms with Crippen LogP contribution in [-0.4, -0.2) is 44.7 Å². The molecule has 0 fully saturated rings. The first-order valence-electron chi connectivity index (χ1n) is 7.73. The van der Waals surface area contributed by atoms with E-state index in [1.54, 1.807) is 0 Å². The number of hydrogen-bond donors (Lipinski definition) is 1. The van der Waals surface area contributed by atoms with Gasteiger partial charge in [-0.3, -0.25) is 0 Å². The first-order valence-corrected chi connectivity index (χ1v) is 7.73. The molecule has 0 radical (unpaired) electrons. The van der Waals surface area contributed by atoms with Crippen LogP contribution < -0.4 is 4.74 Å². The minimum Gasteiger partial charge on any atom is -0.491 e. The zero-order valence-electron chi connectivity index (χ0n) is 12.9. The average molecular weight is 316 g/mol. The molecule has 1 aromatic heterocycles. The predicted octanol–water partition coefficient (Wildman–Crippen LogP) is 3.70. The lowest BCUT2D eigenvalue weighted by molar-refractivity contribution is 0.0325. The maximum absolute atomic E-state index is 11.8. The van der Waals surface area contributed by atoms with Crippen LogP contribution in [0.1, 0.15) is 0 Å². The van der Waals surface area contributed by atoms with Crippen molar-refractivity contribution in [1.82, 2.24) is 4.98 Å². The molecular weight excluding hydrogens is 296 g/mol. The Morgan fingerprint density at radius 2 is 1.52 bits per heavy atom. The number of halogens is 1. The number of ether oxygens (including phenoxy) is 3. The van der Waals surface area contributed by atoms with Gasteiger partial charge in [0.2, 0.25) is 0 Å².